The molecule has 0 aliphatic carbocycles. The van der Waals surface area contributed by atoms with Crippen molar-refractivity contribution in [3.63, 3.8) is 0 Å². The van der Waals surface area contributed by atoms with Crippen molar-refractivity contribution in [2.45, 2.75) is 11.8 Å². The van der Waals surface area contributed by atoms with Gasteiger partial charge in [0.2, 0.25) is 0 Å². The summed E-state index contributed by atoms with van der Waals surface area (Å²) < 4.78 is 0. The van der Waals surface area contributed by atoms with Crippen LogP contribution in [0.1, 0.15) is 11.1 Å². The average Bonchev–Trinajstić information content (AvgIpc) is 2.59. The summed E-state index contributed by atoms with van der Waals surface area (Å²) in [5, 5.41) is 7.39. The van der Waals surface area contributed by atoms with Gasteiger partial charge < -0.3 is 0 Å². The van der Waals surface area contributed by atoms with Gasteiger partial charge in [-0.2, -0.15) is 0 Å². The Morgan fingerprint density at radius 1 is 0.545 bits per heavy atom. The number of fused-ring (bicyclic) bond motifs is 4. The van der Waals surface area contributed by atoms with Crippen LogP contribution in [0.2, 0.25) is 0 Å². The Morgan fingerprint density at radius 3 is 1.68 bits per heavy atom. The van der Waals surface area contributed by atoms with Crippen LogP contribution >= 0.6 is 23.2 Å². The van der Waals surface area contributed by atoms with Gasteiger partial charge in [-0.15, -0.1) is 23.2 Å². The molecule has 0 N–H and O–H groups in total. The first-order chi connectivity index (χ1) is 10.8. The molecule has 4 aromatic carbocycles. The Morgan fingerprint density at radius 2 is 1.05 bits per heavy atom. The second-order valence-corrected chi connectivity index (χ2v) is 6.05. The quantitative estimate of drug-likeness (QED) is 0.221. The Balaban J connectivity index is 2.30. The molecule has 0 spiro atoms. The van der Waals surface area contributed by atoms with Gasteiger partial charge in [-0.3, -0.25) is 0 Å². The molecule has 0 heterocycles. The summed E-state index contributed by atoms with van der Waals surface area (Å²) in [6.45, 7) is 0. The predicted molar refractivity (Wildman–Crippen MR) is 98.1 cm³/mol. The number of hydrogen-bond acceptors (Lipinski definition) is 0. The molecule has 108 valence electrons. The third-order valence-corrected chi connectivity index (χ3v) is 4.92. The molecule has 0 radical (unpaired) electrons. The fourth-order valence-electron chi connectivity index (χ4n) is 3.32. The number of alkyl halides is 2. The van der Waals surface area contributed by atoms with E-state index in [4.69, 9.17) is 23.2 Å². The highest BCUT2D eigenvalue weighted by molar-refractivity contribution is 6.23. The fourth-order valence-corrected chi connectivity index (χ4v) is 3.93. The molecule has 0 amide bonds. The van der Waals surface area contributed by atoms with E-state index in [1.165, 1.54) is 32.3 Å². The summed E-state index contributed by atoms with van der Waals surface area (Å²) in [5.74, 6) is 0.951. The zero-order chi connectivity index (χ0) is 15.1. The Labute approximate surface area is 139 Å². The molecular weight excluding hydrogens is 311 g/mol. The Kier molecular flexibility index (Phi) is 3.44. The number of hydrogen-bond donors (Lipinski definition) is 0. The average molecular weight is 325 g/mol. The maximum atomic E-state index is 6.28. The Bertz CT molecular complexity index is 1000. The molecule has 4 rings (SSSR count). The van der Waals surface area contributed by atoms with Gasteiger partial charge in [-0.1, -0.05) is 48.5 Å². The Hall–Kier alpha value is -1.76. The zero-order valence-electron chi connectivity index (χ0n) is 11.9. The number of benzene rings is 4. The molecule has 0 unspecified atom stereocenters. The van der Waals surface area contributed by atoms with Gasteiger partial charge in [0.15, 0.2) is 0 Å². The van der Waals surface area contributed by atoms with E-state index in [-0.39, 0.29) is 0 Å². The molecule has 0 aromatic heterocycles. The van der Waals surface area contributed by atoms with Gasteiger partial charge in [0.25, 0.3) is 0 Å². The van der Waals surface area contributed by atoms with Crippen molar-refractivity contribution in [1.82, 2.24) is 0 Å². The normalized spacial score (nSPS) is 11.5. The van der Waals surface area contributed by atoms with Crippen molar-refractivity contribution in [2.75, 3.05) is 0 Å². The minimum atomic E-state index is 0.474. The molecule has 0 nitrogen and oxygen atoms in total. The van der Waals surface area contributed by atoms with Gasteiger partial charge in [0, 0.05) is 11.8 Å². The zero-order valence-corrected chi connectivity index (χ0v) is 13.5. The lowest BCUT2D eigenvalue weighted by molar-refractivity contribution is 1.33. The van der Waals surface area contributed by atoms with Gasteiger partial charge in [0.1, 0.15) is 0 Å². The van der Waals surface area contributed by atoms with Crippen LogP contribution in [0.15, 0.2) is 60.7 Å². The highest BCUT2D eigenvalue weighted by Crippen LogP contribution is 2.36. The van der Waals surface area contributed by atoms with E-state index in [9.17, 15) is 0 Å². The smallest absolute Gasteiger partial charge is 0.0483 e. The largest absolute Gasteiger partial charge is 0.122 e. The first-order valence-electron chi connectivity index (χ1n) is 7.30. The summed E-state index contributed by atoms with van der Waals surface area (Å²) in [6, 6.07) is 21.4. The van der Waals surface area contributed by atoms with Gasteiger partial charge in [-0.25, -0.2) is 0 Å². The minimum absolute atomic E-state index is 0.474. The number of rotatable bonds is 2. The lowest BCUT2D eigenvalue weighted by atomic mass is 9.91. The molecule has 4 aromatic rings. The molecule has 0 aliphatic rings. The summed E-state index contributed by atoms with van der Waals surface area (Å²) >= 11 is 12.5. The third kappa shape index (κ3) is 1.99. The topological polar surface area (TPSA) is 0 Å². The van der Waals surface area contributed by atoms with E-state index in [0.717, 1.165) is 11.1 Å². The summed E-state index contributed by atoms with van der Waals surface area (Å²) in [5.41, 5.74) is 2.30. The second kappa shape index (κ2) is 5.46. The van der Waals surface area contributed by atoms with Crippen LogP contribution < -0.4 is 0 Å². The van der Waals surface area contributed by atoms with Crippen molar-refractivity contribution >= 4 is 55.5 Å². The fraction of sp³-hybridized carbons (Fsp3) is 0.100. The predicted octanol–water partition coefficient (Wildman–Crippen LogP) is 6.62. The molecule has 22 heavy (non-hydrogen) atoms. The molecule has 0 bridgehead atoms. The standard InChI is InChI=1S/C20H14Cl2/c21-11-19-16-8-4-3-7-15(16)17-9-13-5-1-2-6-14(13)10-18(17)20(19)12-22/h1-10H,11-12H2. The van der Waals surface area contributed by atoms with Crippen molar-refractivity contribution in [1.29, 1.82) is 0 Å². The molecule has 2 heteroatoms. The number of halogens is 2. The molecule has 0 saturated carbocycles. The molecule has 0 aliphatic heterocycles. The van der Waals surface area contributed by atoms with E-state index in [1.54, 1.807) is 0 Å². The molecule has 0 saturated heterocycles. The summed E-state index contributed by atoms with van der Waals surface area (Å²) in [6.07, 6.45) is 0. The van der Waals surface area contributed by atoms with Crippen LogP contribution in [0, 0.1) is 0 Å². The third-order valence-electron chi connectivity index (χ3n) is 4.38. The van der Waals surface area contributed by atoms with Gasteiger partial charge in [-0.05, 0) is 55.6 Å². The maximum Gasteiger partial charge on any atom is 0.0483 e. The first kappa shape index (κ1) is 13.9. The lowest BCUT2D eigenvalue weighted by Crippen LogP contribution is -1.94. The summed E-state index contributed by atoms with van der Waals surface area (Å²) in [7, 11) is 0. The van der Waals surface area contributed by atoms with E-state index in [1.807, 2.05) is 0 Å². The SMILES string of the molecule is ClCc1c(CCl)c2cc3ccccc3cc2c2ccccc12. The first-order valence-corrected chi connectivity index (χ1v) is 8.37. The van der Waals surface area contributed by atoms with E-state index >= 15 is 0 Å². The highest BCUT2D eigenvalue weighted by atomic mass is 35.5. The minimum Gasteiger partial charge on any atom is -0.122 e. The van der Waals surface area contributed by atoms with E-state index in [0.29, 0.717) is 11.8 Å². The van der Waals surface area contributed by atoms with E-state index < -0.39 is 0 Å². The maximum absolute atomic E-state index is 6.28. The van der Waals surface area contributed by atoms with Crippen molar-refractivity contribution in [2.24, 2.45) is 0 Å². The van der Waals surface area contributed by atoms with Crippen molar-refractivity contribution < 1.29 is 0 Å². The summed E-state index contributed by atoms with van der Waals surface area (Å²) in [4.78, 5) is 0. The van der Waals surface area contributed by atoms with Crippen LogP contribution in [-0.2, 0) is 11.8 Å². The van der Waals surface area contributed by atoms with Crippen molar-refractivity contribution in [3.8, 4) is 0 Å². The highest BCUT2D eigenvalue weighted by Gasteiger charge is 2.13. The molecule has 0 fully saturated rings. The van der Waals surface area contributed by atoms with Gasteiger partial charge in [0.05, 0.1) is 0 Å². The van der Waals surface area contributed by atoms with Crippen LogP contribution in [0.3, 0.4) is 0 Å². The van der Waals surface area contributed by atoms with Crippen LogP contribution in [-0.4, -0.2) is 0 Å². The van der Waals surface area contributed by atoms with Crippen LogP contribution in [0.25, 0.3) is 32.3 Å². The molecular formula is C20H14Cl2. The van der Waals surface area contributed by atoms with E-state index in [2.05, 4.69) is 60.7 Å². The lowest BCUT2D eigenvalue weighted by Gasteiger charge is -2.15. The molecule has 0 atom stereocenters. The van der Waals surface area contributed by atoms with Gasteiger partial charge >= 0.3 is 0 Å². The van der Waals surface area contributed by atoms with Crippen LogP contribution in [0.4, 0.5) is 0 Å². The van der Waals surface area contributed by atoms with Crippen LogP contribution in [0.5, 0.6) is 0 Å². The van der Waals surface area contributed by atoms with Crippen molar-refractivity contribution in [3.05, 3.63) is 71.8 Å². The second-order valence-electron chi connectivity index (χ2n) is 5.51. The monoisotopic (exact) mass is 324 g/mol.